The summed E-state index contributed by atoms with van der Waals surface area (Å²) in [6, 6.07) is 3.33. The highest BCUT2D eigenvalue weighted by molar-refractivity contribution is 5.50. The first-order chi connectivity index (χ1) is 6.27. The fourth-order valence-electron chi connectivity index (χ4n) is 0.814. The number of pyridine rings is 1. The highest BCUT2D eigenvalue weighted by Crippen LogP contribution is 2.16. The smallest absolute Gasteiger partial charge is 0.238 e. The largest absolute Gasteiger partial charge is 0.479 e. The lowest BCUT2D eigenvalue weighted by atomic mass is 10.3. The van der Waals surface area contributed by atoms with E-state index in [0.717, 1.165) is 0 Å². The van der Waals surface area contributed by atoms with Gasteiger partial charge in [-0.2, -0.15) is 0 Å². The Hall–Kier alpha value is -1.73. The lowest BCUT2D eigenvalue weighted by Gasteiger charge is -2.01. The predicted octanol–water partition coefficient (Wildman–Crippen LogP) is 0.0162. The summed E-state index contributed by atoms with van der Waals surface area (Å²) < 4.78 is 4.90. The molecule has 13 heavy (non-hydrogen) atoms. The molecule has 3 N–H and O–H groups in total. The fraction of sp³-hybridized carbons (Fsp3) is 0.222. The molecule has 0 spiro atoms. The van der Waals surface area contributed by atoms with Crippen molar-refractivity contribution in [1.82, 2.24) is 4.98 Å². The maximum absolute atomic E-state index is 8.45. The molecular weight excluding hydrogens is 168 g/mol. The van der Waals surface area contributed by atoms with Crippen LogP contribution in [0.2, 0.25) is 0 Å². The summed E-state index contributed by atoms with van der Waals surface area (Å²) in [5.74, 6) is 5.48. The molecule has 0 aliphatic heterocycles. The van der Waals surface area contributed by atoms with E-state index in [1.165, 1.54) is 7.11 Å². The van der Waals surface area contributed by atoms with Gasteiger partial charge in [0.15, 0.2) is 0 Å². The molecule has 0 radical (unpaired) electrons. The molecule has 0 aliphatic carbocycles. The number of anilines is 1. The first-order valence-corrected chi connectivity index (χ1v) is 3.68. The second-order valence-corrected chi connectivity index (χ2v) is 2.25. The van der Waals surface area contributed by atoms with E-state index >= 15 is 0 Å². The Balaban J connectivity index is 2.99. The molecule has 0 atom stereocenters. The van der Waals surface area contributed by atoms with Gasteiger partial charge in [0.2, 0.25) is 5.88 Å². The molecule has 0 bridgehead atoms. The van der Waals surface area contributed by atoms with Gasteiger partial charge in [-0.3, -0.25) is 0 Å². The predicted molar refractivity (Wildman–Crippen MR) is 49.2 cm³/mol. The number of hydrogen-bond donors (Lipinski definition) is 2. The zero-order chi connectivity index (χ0) is 9.68. The SMILES string of the molecule is COc1nc(C#CCO)ccc1N. The van der Waals surface area contributed by atoms with Crippen LogP contribution in [0.15, 0.2) is 12.1 Å². The third-order valence-corrected chi connectivity index (χ3v) is 1.38. The van der Waals surface area contributed by atoms with Crippen molar-refractivity contribution >= 4 is 5.69 Å². The maximum atomic E-state index is 8.45. The van der Waals surface area contributed by atoms with Gasteiger partial charge in [0.25, 0.3) is 0 Å². The van der Waals surface area contributed by atoms with E-state index in [-0.39, 0.29) is 6.61 Å². The Morgan fingerprint density at radius 3 is 3.00 bits per heavy atom. The van der Waals surface area contributed by atoms with Crippen LogP contribution in [0.3, 0.4) is 0 Å². The normalized spacial score (nSPS) is 8.77. The van der Waals surface area contributed by atoms with Crippen molar-refractivity contribution in [2.24, 2.45) is 0 Å². The molecule has 4 heteroatoms. The molecule has 0 saturated heterocycles. The number of nitrogen functional groups attached to an aromatic ring is 1. The summed E-state index contributed by atoms with van der Waals surface area (Å²) in [6.07, 6.45) is 0. The fourth-order valence-corrected chi connectivity index (χ4v) is 0.814. The molecule has 0 aromatic carbocycles. The van der Waals surface area contributed by atoms with Crippen molar-refractivity contribution in [2.75, 3.05) is 19.5 Å². The maximum Gasteiger partial charge on any atom is 0.238 e. The van der Waals surface area contributed by atoms with Gasteiger partial charge in [0.1, 0.15) is 12.3 Å². The second kappa shape index (κ2) is 4.33. The minimum atomic E-state index is -0.186. The Kier molecular flexibility index (Phi) is 3.12. The lowest BCUT2D eigenvalue weighted by Crippen LogP contribution is -1.96. The molecule has 1 heterocycles. The molecule has 0 fully saturated rings. The van der Waals surface area contributed by atoms with Gasteiger partial charge in [0, 0.05) is 0 Å². The van der Waals surface area contributed by atoms with Crippen molar-refractivity contribution in [3.63, 3.8) is 0 Å². The van der Waals surface area contributed by atoms with Gasteiger partial charge in [-0.15, -0.1) is 0 Å². The molecule has 68 valence electrons. The number of aliphatic hydroxyl groups is 1. The molecule has 0 aliphatic rings. The summed E-state index contributed by atoms with van der Waals surface area (Å²) in [4.78, 5) is 4.00. The van der Waals surface area contributed by atoms with Crippen LogP contribution in [0.5, 0.6) is 5.88 Å². The van der Waals surface area contributed by atoms with E-state index in [4.69, 9.17) is 15.6 Å². The highest BCUT2D eigenvalue weighted by Gasteiger charge is 1.99. The number of hydrogen-bond acceptors (Lipinski definition) is 4. The Bertz CT molecular complexity index is 352. The van der Waals surface area contributed by atoms with Crippen molar-refractivity contribution in [2.45, 2.75) is 0 Å². The molecule has 1 rings (SSSR count). The molecule has 4 nitrogen and oxygen atoms in total. The first kappa shape index (κ1) is 9.36. The minimum Gasteiger partial charge on any atom is -0.479 e. The molecule has 1 aromatic rings. The van der Waals surface area contributed by atoms with E-state index in [2.05, 4.69) is 16.8 Å². The van der Waals surface area contributed by atoms with Crippen LogP contribution < -0.4 is 10.5 Å². The zero-order valence-electron chi connectivity index (χ0n) is 7.24. The number of rotatable bonds is 1. The van der Waals surface area contributed by atoms with Gasteiger partial charge in [-0.25, -0.2) is 4.98 Å². The average Bonchev–Trinajstić information content (AvgIpc) is 2.16. The van der Waals surface area contributed by atoms with Crippen LogP contribution in [0, 0.1) is 11.8 Å². The van der Waals surface area contributed by atoms with E-state index in [9.17, 15) is 0 Å². The van der Waals surface area contributed by atoms with E-state index in [0.29, 0.717) is 17.3 Å². The van der Waals surface area contributed by atoms with Crippen molar-refractivity contribution in [3.8, 4) is 17.7 Å². The van der Waals surface area contributed by atoms with Gasteiger partial charge >= 0.3 is 0 Å². The summed E-state index contributed by atoms with van der Waals surface area (Å²) in [7, 11) is 1.49. The van der Waals surface area contributed by atoms with Crippen molar-refractivity contribution in [1.29, 1.82) is 0 Å². The number of nitrogens with zero attached hydrogens (tertiary/aromatic N) is 1. The molecule has 1 aromatic heterocycles. The number of methoxy groups -OCH3 is 1. The Morgan fingerprint density at radius 1 is 1.62 bits per heavy atom. The van der Waals surface area contributed by atoms with Crippen molar-refractivity contribution < 1.29 is 9.84 Å². The molecule has 0 saturated carbocycles. The summed E-state index contributed by atoms with van der Waals surface area (Å²) in [5, 5.41) is 8.45. The van der Waals surface area contributed by atoms with Crippen LogP contribution in [-0.2, 0) is 0 Å². The lowest BCUT2D eigenvalue weighted by molar-refractivity contribution is 0.350. The van der Waals surface area contributed by atoms with Gasteiger partial charge < -0.3 is 15.6 Å². The quantitative estimate of drug-likeness (QED) is 0.595. The number of nitrogens with two attached hydrogens (primary N) is 1. The molecular formula is C9H10N2O2. The number of aromatic nitrogens is 1. The number of ether oxygens (including phenoxy) is 1. The second-order valence-electron chi connectivity index (χ2n) is 2.25. The van der Waals surface area contributed by atoms with Gasteiger partial charge in [-0.1, -0.05) is 5.92 Å². The van der Waals surface area contributed by atoms with Crippen LogP contribution in [0.1, 0.15) is 5.69 Å². The topological polar surface area (TPSA) is 68.4 Å². The first-order valence-electron chi connectivity index (χ1n) is 3.68. The molecule has 0 unspecified atom stereocenters. The van der Waals surface area contributed by atoms with E-state index < -0.39 is 0 Å². The summed E-state index contributed by atoms with van der Waals surface area (Å²) in [6.45, 7) is -0.186. The Morgan fingerprint density at radius 2 is 2.38 bits per heavy atom. The Labute approximate surface area is 76.4 Å². The summed E-state index contributed by atoms with van der Waals surface area (Å²) in [5.41, 5.74) is 6.54. The van der Waals surface area contributed by atoms with E-state index in [1.807, 2.05) is 0 Å². The zero-order valence-corrected chi connectivity index (χ0v) is 7.24. The highest BCUT2D eigenvalue weighted by atomic mass is 16.5. The average molecular weight is 178 g/mol. The monoisotopic (exact) mass is 178 g/mol. The van der Waals surface area contributed by atoms with Crippen molar-refractivity contribution in [3.05, 3.63) is 17.8 Å². The van der Waals surface area contributed by atoms with Crippen LogP contribution in [0.25, 0.3) is 0 Å². The van der Waals surface area contributed by atoms with E-state index in [1.54, 1.807) is 12.1 Å². The standard InChI is InChI=1S/C9H10N2O2/c1-13-9-8(10)5-4-7(11-9)3-2-6-12/h4-5,12H,6,10H2,1H3. The minimum absolute atomic E-state index is 0.186. The van der Waals surface area contributed by atoms with Crippen LogP contribution >= 0.6 is 0 Å². The third-order valence-electron chi connectivity index (χ3n) is 1.38. The van der Waals surface area contributed by atoms with Crippen LogP contribution in [-0.4, -0.2) is 23.8 Å². The third kappa shape index (κ3) is 2.36. The van der Waals surface area contributed by atoms with Crippen LogP contribution in [0.4, 0.5) is 5.69 Å². The van der Waals surface area contributed by atoms with Gasteiger partial charge in [0.05, 0.1) is 12.8 Å². The molecule has 0 amide bonds. The van der Waals surface area contributed by atoms with Gasteiger partial charge in [-0.05, 0) is 18.1 Å². The number of aliphatic hydroxyl groups excluding tert-OH is 1. The summed E-state index contributed by atoms with van der Waals surface area (Å²) >= 11 is 0.